The van der Waals surface area contributed by atoms with Gasteiger partial charge in [-0.3, -0.25) is 14.6 Å². The Hall–Kier alpha value is -4.17. The molecule has 0 saturated heterocycles. The Morgan fingerprint density at radius 3 is 1.94 bits per heavy atom. The van der Waals surface area contributed by atoms with Gasteiger partial charge in [0.2, 0.25) is 5.91 Å². The number of hydrogen-bond donors (Lipinski definition) is 2. The molecule has 1 heterocycles. The van der Waals surface area contributed by atoms with E-state index in [1.165, 1.54) is 12.1 Å². The summed E-state index contributed by atoms with van der Waals surface area (Å²) in [5, 5.41) is 3.05. The predicted molar refractivity (Wildman–Crippen MR) is 129 cm³/mol. The number of nitrogens with one attached hydrogen (secondary N) is 1. The highest BCUT2D eigenvalue weighted by molar-refractivity contribution is 6.33. The summed E-state index contributed by atoms with van der Waals surface area (Å²) in [6.07, 6.45) is -2.79. The molecule has 0 aliphatic heterocycles. The van der Waals surface area contributed by atoms with Crippen LogP contribution in [0.1, 0.15) is 26.3 Å². The Morgan fingerprint density at radius 2 is 1.43 bits per heavy atom. The van der Waals surface area contributed by atoms with Gasteiger partial charge in [-0.25, -0.2) is 0 Å². The Labute approximate surface area is 204 Å². The third-order valence-corrected chi connectivity index (χ3v) is 5.01. The number of pyridine rings is 1. The standard InChI is InChI=1S/C19H12ClF3N2O.C7H7NO/c20-16-2-1-11-24-17(16)12-3-5-13(6-4-12)18(26)25-15-9-7-14(8-10-15)19(21,22)23;8-7(9)6-4-2-1-3-5-6/h1-11H,(H,25,26);1-5H,(H2,8,9). The maximum Gasteiger partial charge on any atom is 0.416 e. The number of hydrogen-bond acceptors (Lipinski definition) is 3. The van der Waals surface area contributed by atoms with Crippen LogP contribution in [0.4, 0.5) is 18.9 Å². The van der Waals surface area contributed by atoms with Crippen LogP contribution in [-0.4, -0.2) is 16.8 Å². The monoisotopic (exact) mass is 497 g/mol. The second-order valence-electron chi connectivity index (χ2n) is 7.17. The molecule has 0 bridgehead atoms. The van der Waals surface area contributed by atoms with E-state index in [2.05, 4.69) is 10.3 Å². The molecule has 0 unspecified atom stereocenters. The van der Waals surface area contributed by atoms with Gasteiger partial charge in [0.25, 0.3) is 5.91 Å². The van der Waals surface area contributed by atoms with Crippen LogP contribution in [0, 0.1) is 0 Å². The number of aromatic nitrogens is 1. The molecule has 1 aromatic heterocycles. The summed E-state index contributed by atoms with van der Waals surface area (Å²) in [5.74, 6) is -0.806. The number of carbonyl (C=O) groups is 2. The maximum atomic E-state index is 12.6. The van der Waals surface area contributed by atoms with Crippen molar-refractivity contribution in [2.24, 2.45) is 5.73 Å². The van der Waals surface area contributed by atoms with Crippen LogP contribution in [0.2, 0.25) is 5.02 Å². The van der Waals surface area contributed by atoms with Crippen molar-refractivity contribution in [3.8, 4) is 11.3 Å². The summed E-state index contributed by atoms with van der Waals surface area (Å²) in [6, 6.07) is 23.1. The fourth-order valence-electron chi connectivity index (χ4n) is 2.93. The zero-order chi connectivity index (χ0) is 25.4. The third-order valence-electron chi connectivity index (χ3n) is 4.71. The molecule has 0 radical (unpaired) electrons. The largest absolute Gasteiger partial charge is 0.416 e. The number of anilines is 1. The summed E-state index contributed by atoms with van der Waals surface area (Å²) in [5.41, 5.74) is 6.75. The van der Waals surface area contributed by atoms with Crippen molar-refractivity contribution in [3.05, 3.63) is 119 Å². The molecule has 3 aromatic carbocycles. The van der Waals surface area contributed by atoms with Crippen molar-refractivity contribution < 1.29 is 22.8 Å². The van der Waals surface area contributed by atoms with Crippen molar-refractivity contribution in [3.63, 3.8) is 0 Å². The SMILES string of the molecule is NC(=O)c1ccccc1.O=C(Nc1ccc(C(F)(F)F)cc1)c1ccc(-c2ncccc2Cl)cc1. The van der Waals surface area contributed by atoms with Crippen LogP contribution < -0.4 is 11.1 Å². The molecule has 0 fully saturated rings. The maximum absolute atomic E-state index is 12.6. The van der Waals surface area contributed by atoms with E-state index in [9.17, 15) is 22.8 Å². The van der Waals surface area contributed by atoms with E-state index in [4.69, 9.17) is 17.3 Å². The van der Waals surface area contributed by atoms with Crippen LogP contribution in [0.3, 0.4) is 0 Å². The first-order valence-electron chi connectivity index (χ1n) is 10.2. The topological polar surface area (TPSA) is 85.1 Å². The van der Waals surface area contributed by atoms with Gasteiger partial charge in [-0.2, -0.15) is 13.2 Å². The van der Waals surface area contributed by atoms with Crippen LogP contribution in [-0.2, 0) is 6.18 Å². The molecule has 5 nitrogen and oxygen atoms in total. The molecule has 178 valence electrons. The fourth-order valence-corrected chi connectivity index (χ4v) is 3.16. The number of nitrogens with two attached hydrogens (primary N) is 1. The molecule has 4 rings (SSSR count). The summed E-state index contributed by atoms with van der Waals surface area (Å²) < 4.78 is 37.7. The first-order chi connectivity index (χ1) is 16.6. The van der Waals surface area contributed by atoms with Crippen LogP contribution >= 0.6 is 11.6 Å². The average molecular weight is 498 g/mol. The van der Waals surface area contributed by atoms with Crippen molar-refractivity contribution in [1.82, 2.24) is 4.98 Å². The molecule has 9 heteroatoms. The Kier molecular flexibility index (Phi) is 8.22. The number of carbonyl (C=O) groups excluding carboxylic acids is 2. The highest BCUT2D eigenvalue weighted by atomic mass is 35.5. The lowest BCUT2D eigenvalue weighted by Crippen LogP contribution is -2.12. The second kappa shape index (κ2) is 11.3. The van der Waals surface area contributed by atoms with Crippen molar-refractivity contribution in [1.29, 1.82) is 0 Å². The summed E-state index contributed by atoms with van der Waals surface area (Å²) in [4.78, 5) is 26.9. The number of primary amides is 1. The normalized spacial score (nSPS) is 10.6. The van der Waals surface area contributed by atoms with Gasteiger partial charge < -0.3 is 11.1 Å². The van der Waals surface area contributed by atoms with Gasteiger partial charge in [-0.1, -0.05) is 41.9 Å². The highest BCUT2D eigenvalue weighted by Gasteiger charge is 2.30. The number of alkyl halides is 3. The lowest BCUT2D eigenvalue weighted by atomic mass is 10.1. The lowest BCUT2D eigenvalue weighted by molar-refractivity contribution is -0.137. The van der Waals surface area contributed by atoms with Gasteiger partial charge in [0.1, 0.15) is 0 Å². The van der Waals surface area contributed by atoms with Crippen LogP contribution in [0.25, 0.3) is 11.3 Å². The number of benzene rings is 3. The average Bonchev–Trinajstić information content (AvgIpc) is 2.85. The smallest absolute Gasteiger partial charge is 0.366 e. The predicted octanol–water partition coefficient (Wildman–Crippen LogP) is 6.46. The highest BCUT2D eigenvalue weighted by Crippen LogP contribution is 2.30. The van der Waals surface area contributed by atoms with Crippen LogP contribution in [0.15, 0.2) is 97.2 Å². The molecule has 0 aliphatic carbocycles. The first-order valence-corrected chi connectivity index (χ1v) is 10.6. The fraction of sp³-hybridized carbons (Fsp3) is 0.0385. The zero-order valence-electron chi connectivity index (χ0n) is 18.1. The second-order valence-corrected chi connectivity index (χ2v) is 7.58. The van der Waals surface area contributed by atoms with Crippen molar-refractivity contribution >= 4 is 29.1 Å². The van der Waals surface area contributed by atoms with E-state index in [-0.39, 0.29) is 11.6 Å². The third kappa shape index (κ3) is 7.15. The number of rotatable bonds is 4. The zero-order valence-corrected chi connectivity index (χ0v) is 18.8. The van der Waals surface area contributed by atoms with E-state index in [1.807, 2.05) is 6.07 Å². The summed E-state index contributed by atoms with van der Waals surface area (Å²) >= 11 is 6.09. The minimum absolute atomic E-state index is 0.278. The van der Waals surface area contributed by atoms with E-state index < -0.39 is 17.6 Å². The molecular formula is C26H19ClF3N3O2. The van der Waals surface area contributed by atoms with Gasteiger partial charge in [0, 0.05) is 28.6 Å². The van der Waals surface area contributed by atoms with Gasteiger partial charge >= 0.3 is 6.18 Å². The number of halogens is 4. The van der Waals surface area contributed by atoms with E-state index in [0.717, 1.165) is 17.7 Å². The minimum atomic E-state index is -4.41. The summed E-state index contributed by atoms with van der Waals surface area (Å²) in [6.45, 7) is 0. The van der Waals surface area contributed by atoms with E-state index in [0.29, 0.717) is 21.8 Å². The van der Waals surface area contributed by atoms with Crippen molar-refractivity contribution in [2.45, 2.75) is 6.18 Å². The van der Waals surface area contributed by atoms with Gasteiger partial charge in [-0.05, 0) is 60.7 Å². The Balaban J connectivity index is 0.000000320. The molecule has 35 heavy (non-hydrogen) atoms. The number of amides is 2. The van der Waals surface area contributed by atoms with Gasteiger partial charge in [-0.15, -0.1) is 0 Å². The molecule has 0 aliphatic rings. The Bertz CT molecular complexity index is 1290. The first kappa shape index (κ1) is 25.5. The number of nitrogens with zero attached hydrogens (tertiary/aromatic N) is 1. The summed E-state index contributed by atoms with van der Waals surface area (Å²) in [7, 11) is 0. The molecule has 2 amide bonds. The minimum Gasteiger partial charge on any atom is -0.366 e. The molecule has 4 aromatic rings. The molecule has 0 saturated carbocycles. The lowest BCUT2D eigenvalue weighted by Gasteiger charge is -2.09. The van der Waals surface area contributed by atoms with Gasteiger partial charge in [0.05, 0.1) is 16.3 Å². The quantitative estimate of drug-likeness (QED) is 0.339. The molecule has 0 spiro atoms. The molecular weight excluding hydrogens is 479 g/mol. The van der Waals surface area contributed by atoms with E-state index >= 15 is 0 Å². The Morgan fingerprint density at radius 1 is 0.800 bits per heavy atom. The molecule has 3 N–H and O–H groups in total. The van der Waals surface area contributed by atoms with E-state index in [1.54, 1.807) is 66.9 Å². The molecule has 0 atom stereocenters. The van der Waals surface area contributed by atoms with Gasteiger partial charge in [0.15, 0.2) is 0 Å². The van der Waals surface area contributed by atoms with Crippen molar-refractivity contribution in [2.75, 3.05) is 5.32 Å². The van der Waals surface area contributed by atoms with Crippen LogP contribution in [0.5, 0.6) is 0 Å².